The lowest BCUT2D eigenvalue weighted by Gasteiger charge is -2.09. The highest BCUT2D eigenvalue weighted by atomic mass is 33.1. The minimum atomic E-state index is -3.86. The third-order valence-electron chi connectivity index (χ3n) is 2.85. The van der Waals surface area contributed by atoms with Gasteiger partial charge in [-0.05, 0) is 36.4 Å². The molecule has 2 aromatic rings. The molecule has 0 unspecified atom stereocenters. The molecule has 0 aliphatic heterocycles. The first-order valence-electron chi connectivity index (χ1n) is 6.17. The summed E-state index contributed by atoms with van der Waals surface area (Å²) in [6.45, 7) is 0. The van der Waals surface area contributed by atoms with Crippen molar-refractivity contribution in [2.24, 2.45) is 10.3 Å². The summed E-state index contributed by atoms with van der Waals surface area (Å²) in [5.41, 5.74) is 12.3. The Balaban J connectivity index is 2.32. The van der Waals surface area contributed by atoms with E-state index in [0.717, 1.165) is 21.6 Å². The smallest absolute Gasteiger partial charge is 0.238 e. The van der Waals surface area contributed by atoms with Crippen LogP contribution in [-0.2, 0) is 20.0 Å². The molecule has 12 heteroatoms. The molecule has 8 nitrogen and oxygen atoms in total. The second kappa shape index (κ2) is 6.82. The van der Waals surface area contributed by atoms with E-state index in [9.17, 15) is 16.8 Å². The van der Waals surface area contributed by atoms with Crippen molar-refractivity contribution >= 4 is 53.0 Å². The second-order valence-corrected chi connectivity index (χ2v) is 9.99. The van der Waals surface area contributed by atoms with Crippen LogP contribution in [0.25, 0.3) is 0 Å². The largest absolute Gasteiger partial charge is 0.398 e. The molecular weight excluding hydrogens is 392 g/mol. The summed E-state index contributed by atoms with van der Waals surface area (Å²) in [7, 11) is -5.48. The summed E-state index contributed by atoms with van der Waals surface area (Å²) in [4.78, 5) is 0.746. The second-order valence-electron chi connectivity index (χ2n) is 4.66. The lowest BCUT2D eigenvalue weighted by molar-refractivity contribution is 0.595. The predicted molar refractivity (Wildman–Crippen MR) is 96.2 cm³/mol. The van der Waals surface area contributed by atoms with E-state index in [0.29, 0.717) is 21.2 Å². The number of benzene rings is 2. The van der Waals surface area contributed by atoms with Crippen molar-refractivity contribution in [3.05, 3.63) is 36.4 Å². The van der Waals surface area contributed by atoms with E-state index >= 15 is 0 Å². The van der Waals surface area contributed by atoms with Crippen LogP contribution in [0, 0.1) is 0 Å². The molecule has 0 amide bonds. The standard InChI is InChI=1S/C12H14N4O4S4/c13-9-3-1-7(23(15,17)18)5-11(9)21-22-12-6-8(24(16,19)20)2-4-10(12)14/h1-6H,13-14H2,(H2,15,17,18)(H2,16,19,20). The summed E-state index contributed by atoms with van der Waals surface area (Å²) in [5, 5.41) is 10.2. The number of rotatable bonds is 5. The maximum absolute atomic E-state index is 11.4. The molecule has 0 fully saturated rings. The molecule has 8 N–H and O–H groups in total. The van der Waals surface area contributed by atoms with Gasteiger partial charge in [-0.1, -0.05) is 21.6 Å². The van der Waals surface area contributed by atoms with Gasteiger partial charge in [0, 0.05) is 21.2 Å². The van der Waals surface area contributed by atoms with Gasteiger partial charge in [-0.25, -0.2) is 27.1 Å². The zero-order valence-corrected chi connectivity index (χ0v) is 15.3. The van der Waals surface area contributed by atoms with Gasteiger partial charge in [-0.3, -0.25) is 0 Å². The third-order valence-corrected chi connectivity index (χ3v) is 7.15. The molecule has 2 rings (SSSR count). The molecule has 24 heavy (non-hydrogen) atoms. The summed E-state index contributed by atoms with van der Waals surface area (Å²) in [5.74, 6) is 0. The fourth-order valence-corrected chi connectivity index (χ4v) is 5.11. The molecule has 0 spiro atoms. The zero-order chi connectivity index (χ0) is 18.1. The highest BCUT2D eigenvalue weighted by Crippen LogP contribution is 2.43. The van der Waals surface area contributed by atoms with Gasteiger partial charge in [0.05, 0.1) is 9.79 Å². The van der Waals surface area contributed by atoms with Crippen LogP contribution in [0.4, 0.5) is 11.4 Å². The highest BCUT2D eigenvalue weighted by molar-refractivity contribution is 8.76. The van der Waals surface area contributed by atoms with Crippen molar-refractivity contribution in [3.63, 3.8) is 0 Å². The molecule has 0 aliphatic rings. The Bertz CT molecular complexity index is 909. The number of anilines is 2. The first kappa shape index (κ1) is 18.9. The summed E-state index contributed by atoms with van der Waals surface area (Å²) in [6, 6.07) is 8.12. The lowest BCUT2D eigenvalue weighted by atomic mass is 10.3. The van der Waals surface area contributed by atoms with Crippen LogP contribution in [0.2, 0.25) is 0 Å². The molecule has 0 saturated heterocycles. The molecule has 0 aromatic heterocycles. The van der Waals surface area contributed by atoms with E-state index in [4.69, 9.17) is 21.7 Å². The van der Waals surface area contributed by atoms with Gasteiger partial charge in [-0.2, -0.15) is 0 Å². The molecule has 130 valence electrons. The van der Waals surface area contributed by atoms with Crippen LogP contribution in [0.1, 0.15) is 0 Å². The molecule has 2 aromatic carbocycles. The minimum absolute atomic E-state index is 0.0777. The molecule has 0 atom stereocenters. The van der Waals surface area contributed by atoms with Gasteiger partial charge in [0.15, 0.2) is 0 Å². The van der Waals surface area contributed by atoms with E-state index < -0.39 is 20.0 Å². The molecule has 0 heterocycles. The Labute approximate surface area is 147 Å². The first-order valence-corrected chi connectivity index (χ1v) is 11.4. The van der Waals surface area contributed by atoms with Gasteiger partial charge >= 0.3 is 0 Å². The van der Waals surface area contributed by atoms with E-state index in [1.807, 2.05) is 0 Å². The average Bonchev–Trinajstić information content (AvgIpc) is 2.45. The van der Waals surface area contributed by atoms with Gasteiger partial charge in [-0.15, -0.1) is 0 Å². The van der Waals surface area contributed by atoms with Crippen LogP contribution < -0.4 is 21.7 Å². The summed E-state index contributed by atoms with van der Waals surface area (Å²) < 4.78 is 45.6. The third kappa shape index (κ3) is 4.55. The van der Waals surface area contributed by atoms with Crippen LogP contribution in [0.3, 0.4) is 0 Å². The van der Waals surface area contributed by atoms with Crippen LogP contribution in [-0.4, -0.2) is 16.8 Å². The van der Waals surface area contributed by atoms with E-state index in [1.165, 1.54) is 36.4 Å². The molecule has 0 radical (unpaired) electrons. The number of sulfonamides is 2. The maximum Gasteiger partial charge on any atom is 0.238 e. The van der Waals surface area contributed by atoms with E-state index in [2.05, 4.69) is 0 Å². The minimum Gasteiger partial charge on any atom is -0.398 e. The Hall–Kier alpha value is -1.44. The molecule has 0 saturated carbocycles. The van der Waals surface area contributed by atoms with Crippen molar-refractivity contribution in [2.75, 3.05) is 11.5 Å². The first-order chi connectivity index (χ1) is 11.0. The monoisotopic (exact) mass is 406 g/mol. The Kier molecular flexibility index (Phi) is 5.37. The fourth-order valence-electron chi connectivity index (χ4n) is 1.62. The van der Waals surface area contributed by atoms with Crippen molar-refractivity contribution in [3.8, 4) is 0 Å². The highest BCUT2D eigenvalue weighted by Gasteiger charge is 2.14. The topological polar surface area (TPSA) is 172 Å². The average molecular weight is 407 g/mol. The number of nitrogens with two attached hydrogens (primary N) is 4. The Morgan fingerprint density at radius 3 is 1.29 bits per heavy atom. The fraction of sp³-hybridized carbons (Fsp3) is 0. The van der Waals surface area contributed by atoms with Crippen LogP contribution in [0.5, 0.6) is 0 Å². The number of primary sulfonamides is 2. The van der Waals surface area contributed by atoms with Crippen molar-refractivity contribution in [2.45, 2.75) is 19.6 Å². The van der Waals surface area contributed by atoms with Gasteiger partial charge in [0.2, 0.25) is 20.0 Å². The SMILES string of the molecule is Nc1ccc(S(N)(=O)=O)cc1SSc1cc(S(N)(=O)=O)ccc1N. The van der Waals surface area contributed by atoms with Gasteiger partial charge in [0.25, 0.3) is 0 Å². The number of nitrogen functional groups attached to an aromatic ring is 2. The number of hydrogen-bond donors (Lipinski definition) is 4. The summed E-state index contributed by atoms with van der Waals surface area (Å²) in [6.07, 6.45) is 0. The zero-order valence-electron chi connectivity index (χ0n) is 12.0. The normalized spacial score (nSPS) is 12.2. The van der Waals surface area contributed by atoms with Crippen molar-refractivity contribution in [1.82, 2.24) is 0 Å². The Morgan fingerprint density at radius 1 is 0.667 bits per heavy atom. The van der Waals surface area contributed by atoms with Crippen molar-refractivity contribution < 1.29 is 16.8 Å². The molecule has 0 aliphatic carbocycles. The van der Waals surface area contributed by atoms with Crippen molar-refractivity contribution in [1.29, 1.82) is 0 Å². The van der Waals surface area contributed by atoms with Crippen LogP contribution in [0.15, 0.2) is 56.0 Å². The van der Waals surface area contributed by atoms with Gasteiger partial charge in [0.1, 0.15) is 0 Å². The number of hydrogen-bond acceptors (Lipinski definition) is 8. The predicted octanol–water partition coefficient (Wildman–Crippen LogP) is 0.945. The van der Waals surface area contributed by atoms with Crippen LogP contribution >= 0.6 is 21.6 Å². The molecular formula is C12H14N4O4S4. The quantitative estimate of drug-likeness (QED) is 0.419. The maximum atomic E-state index is 11.4. The summed E-state index contributed by atoms with van der Waals surface area (Å²) >= 11 is 0. The van der Waals surface area contributed by atoms with E-state index in [1.54, 1.807) is 0 Å². The Morgan fingerprint density at radius 2 is 1.00 bits per heavy atom. The van der Waals surface area contributed by atoms with E-state index in [-0.39, 0.29) is 9.79 Å². The lowest BCUT2D eigenvalue weighted by Crippen LogP contribution is -2.12. The molecule has 0 bridgehead atoms. The van der Waals surface area contributed by atoms with Gasteiger partial charge < -0.3 is 11.5 Å².